The van der Waals surface area contributed by atoms with Crippen molar-refractivity contribution in [1.29, 1.82) is 0 Å². The zero-order valence-electron chi connectivity index (χ0n) is 12.3. The van der Waals surface area contributed by atoms with E-state index in [1.165, 1.54) is 43.2 Å². The predicted molar refractivity (Wildman–Crippen MR) is 81.1 cm³/mol. The lowest BCUT2D eigenvalue weighted by atomic mass is 10.0. The molecule has 1 unspecified atom stereocenters. The largest absolute Gasteiger partial charge is 0.314 e. The van der Waals surface area contributed by atoms with Crippen LogP contribution in [-0.2, 0) is 6.42 Å². The third-order valence-electron chi connectivity index (χ3n) is 3.56. The Hall–Kier alpha value is -0.820. The zero-order valence-corrected chi connectivity index (χ0v) is 12.3. The van der Waals surface area contributed by atoms with Crippen molar-refractivity contribution in [3.63, 3.8) is 0 Å². The Morgan fingerprint density at radius 1 is 1.06 bits per heavy atom. The van der Waals surface area contributed by atoms with Crippen molar-refractivity contribution in [2.75, 3.05) is 6.54 Å². The van der Waals surface area contributed by atoms with E-state index < -0.39 is 0 Å². The third kappa shape index (κ3) is 6.20. The van der Waals surface area contributed by atoms with Gasteiger partial charge < -0.3 is 5.32 Å². The molecule has 0 radical (unpaired) electrons. The summed E-state index contributed by atoms with van der Waals surface area (Å²) in [5.41, 5.74) is 2.89. The van der Waals surface area contributed by atoms with E-state index in [2.05, 4.69) is 50.4 Å². The van der Waals surface area contributed by atoms with Gasteiger partial charge in [0, 0.05) is 6.04 Å². The van der Waals surface area contributed by atoms with Gasteiger partial charge in [-0.1, -0.05) is 56.9 Å². The van der Waals surface area contributed by atoms with Crippen molar-refractivity contribution in [2.24, 2.45) is 0 Å². The first-order valence-corrected chi connectivity index (χ1v) is 7.52. The number of nitrogens with one attached hydrogen (secondary N) is 1. The molecule has 1 atom stereocenters. The fraction of sp³-hybridized carbons (Fsp3) is 0.647. The van der Waals surface area contributed by atoms with Crippen molar-refractivity contribution < 1.29 is 0 Å². The minimum absolute atomic E-state index is 0.581. The van der Waals surface area contributed by atoms with Crippen LogP contribution in [0.25, 0.3) is 0 Å². The van der Waals surface area contributed by atoms with Gasteiger partial charge in [0.25, 0.3) is 0 Å². The van der Waals surface area contributed by atoms with Crippen LogP contribution in [0, 0.1) is 6.92 Å². The van der Waals surface area contributed by atoms with Gasteiger partial charge in [-0.25, -0.2) is 0 Å². The van der Waals surface area contributed by atoms with Crippen molar-refractivity contribution >= 4 is 0 Å². The fourth-order valence-corrected chi connectivity index (χ4v) is 2.32. The number of hydrogen-bond donors (Lipinski definition) is 1. The minimum atomic E-state index is 0.581. The van der Waals surface area contributed by atoms with Crippen LogP contribution in [0.4, 0.5) is 0 Å². The molecule has 1 heteroatoms. The molecule has 18 heavy (non-hydrogen) atoms. The number of aryl methyl sites for hydroxylation is 1. The van der Waals surface area contributed by atoms with E-state index in [1.807, 2.05) is 0 Å². The van der Waals surface area contributed by atoms with Crippen LogP contribution in [0.15, 0.2) is 24.3 Å². The van der Waals surface area contributed by atoms with Crippen LogP contribution in [0.2, 0.25) is 0 Å². The van der Waals surface area contributed by atoms with Gasteiger partial charge in [-0.2, -0.15) is 0 Å². The van der Waals surface area contributed by atoms with Crippen LogP contribution in [0.5, 0.6) is 0 Å². The molecule has 1 aromatic carbocycles. The van der Waals surface area contributed by atoms with Crippen LogP contribution < -0.4 is 5.32 Å². The first kappa shape index (κ1) is 15.2. The average Bonchev–Trinajstić information content (AvgIpc) is 2.36. The first-order valence-electron chi connectivity index (χ1n) is 7.52. The van der Waals surface area contributed by atoms with Gasteiger partial charge in [0.1, 0.15) is 0 Å². The predicted octanol–water partition coefficient (Wildman–Crippen LogP) is 4.49. The van der Waals surface area contributed by atoms with Crippen molar-refractivity contribution in [3.05, 3.63) is 35.4 Å². The maximum atomic E-state index is 3.64. The summed E-state index contributed by atoms with van der Waals surface area (Å²) in [7, 11) is 0. The summed E-state index contributed by atoms with van der Waals surface area (Å²) in [6.07, 6.45) is 7.94. The lowest BCUT2D eigenvalue weighted by molar-refractivity contribution is 0.513. The van der Waals surface area contributed by atoms with Crippen LogP contribution in [0.3, 0.4) is 0 Å². The van der Waals surface area contributed by atoms with Gasteiger partial charge in [0.15, 0.2) is 0 Å². The summed E-state index contributed by atoms with van der Waals surface area (Å²) >= 11 is 0. The van der Waals surface area contributed by atoms with Gasteiger partial charge in [-0.3, -0.25) is 0 Å². The number of hydrogen-bond acceptors (Lipinski definition) is 1. The molecule has 0 aromatic heterocycles. The highest BCUT2D eigenvalue weighted by atomic mass is 14.9. The van der Waals surface area contributed by atoms with Gasteiger partial charge in [-0.15, -0.1) is 0 Å². The van der Waals surface area contributed by atoms with E-state index in [9.17, 15) is 0 Å². The van der Waals surface area contributed by atoms with E-state index in [1.54, 1.807) is 0 Å². The molecule has 0 saturated carbocycles. The number of unbranched alkanes of at least 4 members (excludes halogenated alkanes) is 4. The molecule has 0 aliphatic carbocycles. The van der Waals surface area contributed by atoms with E-state index in [-0.39, 0.29) is 0 Å². The summed E-state index contributed by atoms with van der Waals surface area (Å²) < 4.78 is 0. The summed E-state index contributed by atoms with van der Waals surface area (Å²) in [5, 5.41) is 3.64. The maximum Gasteiger partial charge on any atom is 0.00792 e. The highest BCUT2D eigenvalue weighted by Crippen LogP contribution is 2.09. The van der Waals surface area contributed by atoms with Crippen molar-refractivity contribution in [2.45, 2.75) is 65.3 Å². The molecule has 102 valence electrons. The summed E-state index contributed by atoms with van der Waals surface area (Å²) in [4.78, 5) is 0. The van der Waals surface area contributed by atoms with Crippen LogP contribution in [0.1, 0.15) is 57.1 Å². The molecule has 0 bridgehead atoms. The van der Waals surface area contributed by atoms with E-state index in [0.29, 0.717) is 6.04 Å². The van der Waals surface area contributed by atoms with Gasteiger partial charge >= 0.3 is 0 Å². The Labute approximate surface area is 113 Å². The quantitative estimate of drug-likeness (QED) is 0.634. The fourth-order valence-electron chi connectivity index (χ4n) is 2.32. The molecule has 1 aromatic rings. The topological polar surface area (TPSA) is 12.0 Å². The van der Waals surface area contributed by atoms with Gasteiger partial charge in [0.05, 0.1) is 0 Å². The van der Waals surface area contributed by atoms with Crippen molar-refractivity contribution in [1.82, 2.24) is 5.32 Å². The molecule has 0 fully saturated rings. The van der Waals surface area contributed by atoms with Crippen LogP contribution in [-0.4, -0.2) is 12.6 Å². The van der Waals surface area contributed by atoms with Crippen molar-refractivity contribution in [3.8, 4) is 0 Å². The Balaban J connectivity index is 2.14. The van der Waals surface area contributed by atoms with E-state index >= 15 is 0 Å². The highest BCUT2D eigenvalue weighted by Gasteiger charge is 2.04. The summed E-state index contributed by atoms with van der Waals surface area (Å²) in [5.74, 6) is 0. The van der Waals surface area contributed by atoms with Gasteiger partial charge in [0.2, 0.25) is 0 Å². The molecule has 1 rings (SSSR count). The average molecular weight is 247 g/mol. The summed E-state index contributed by atoms with van der Waals surface area (Å²) in [6, 6.07) is 9.28. The standard InChI is InChI=1S/C17H29N/c1-4-5-6-7-10-13-18-16(3)14-17-12-9-8-11-15(17)2/h8-9,11-12,16,18H,4-7,10,13-14H2,1-3H3. The lowest BCUT2D eigenvalue weighted by Crippen LogP contribution is -2.29. The Bertz CT molecular complexity index is 319. The Kier molecular flexibility index (Phi) is 7.75. The Morgan fingerprint density at radius 3 is 2.50 bits per heavy atom. The zero-order chi connectivity index (χ0) is 13.2. The maximum absolute atomic E-state index is 3.64. The first-order chi connectivity index (χ1) is 8.74. The molecule has 1 N–H and O–H groups in total. The molecule has 0 aliphatic rings. The molecule has 0 heterocycles. The molecule has 0 spiro atoms. The molecule has 1 nitrogen and oxygen atoms in total. The smallest absolute Gasteiger partial charge is 0.00792 e. The van der Waals surface area contributed by atoms with E-state index in [4.69, 9.17) is 0 Å². The van der Waals surface area contributed by atoms with Gasteiger partial charge in [-0.05, 0) is 44.4 Å². The van der Waals surface area contributed by atoms with Crippen LogP contribution >= 0.6 is 0 Å². The number of rotatable bonds is 9. The molecule has 0 aliphatic heterocycles. The SMILES string of the molecule is CCCCCCCNC(C)Cc1ccccc1C. The second-order valence-electron chi connectivity index (χ2n) is 5.40. The minimum Gasteiger partial charge on any atom is -0.314 e. The third-order valence-corrected chi connectivity index (χ3v) is 3.56. The van der Waals surface area contributed by atoms with E-state index in [0.717, 1.165) is 13.0 Å². The lowest BCUT2D eigenvalue weighted by Gasteiger charge is -2.15. The molecule has 0 saturated heterocycles. The second-order valence-corrected chi connectivity index (χ2v) is 5.40. The highest BCUT2D eigenvalue weighted by molar-refractivity contribution is 5.26. The number of benzene rings is 1. The molecular weight excluding hydrogens is 218 g/mol. The molecular formula is C17H29N. The molecule has 0 amide bonds. The Morgan fingerprint density at radius 2 is 1.78 bits per heavy atom. The normalized spacial score (nSPS) is 12.6. The second kappa shape index (κ2) is 9.16. The monoisotopic (exact) mass is 247 g/mol. The summed E-state index contributed by atoms with van der Waals surface area (Å²) in [6.45, 7) is 7.92.